The molecule has 2 nitrogen and oxygen atoms in total. The summed E-state index contributed by atoms with van der Waals surface area (Å²) in [5, 5.41) is 1.48. The van der Waals surface area contributed by atoms with Gasteiger partial charge in [-0.05, 0) is 30.9 Å². The molecule has 1 fully saturated rings. The highest BCUT2D eigenvalue weighted by molar-refractivity contribution is 5.99. The summed E-state index contributed by atoms with van der Waals surface area (Å²) in [7, 11) is 0. The SMILES string of the molecule is c1cc2c3c(c[nH]c3c1)N1CCCCC21. The van der Waals surface area contributed by atoms with Crippen LogP contribution in [0, 0.1) is 0 Å². The second-order valence-electron chi connectivity index (χ2n) is 4.65. The van der Waals surface area contributed by atoms with Gasteiger partial charge in [0.2, 0.25) is 0 Å². The lowest BCUT2D eigenvalue weighted by Gasteiger charge is -2.32. The maximum absolute atomic E-state index is 3.37. The highest BCUT2D eigenvalue weighted by Gasteiger charge is 2.33. The van der Waals surface area contributed by atoms with Crippen molar-refractivity contribution in [3.63, 3.8) is 0 Å². The first kappa shape index (κ1) is 7.80. The van der Waals surface area contributed by atoms with E-state index in [1.54, 1.807) is 5.56 Å². The molecule has 15 heavy (non-hydrogen) atoms. The number of aromatic amines is 1. The number of rotatable bonds is 0. The molecule has 0 amide bonds. The molecule has 0 bridgehead atoms. The highest BCUT2D eigenvalue weighted by atomic mass is 15.2. The number of H-pyrrole nitrogens is 1. The predicted octanol–water partition coefficient (Wildman–Crippen LogP) is 3.21. The molecule has 0 spiro atoms. The third-order valence-electron chi connectivity index (χ3n) is 3.89. The molecule has 3 heterocycles. The van der Waals surface area contributed by atoms with Crippen molar-refractivity contribution in [1.82, 2.24) is 4.98 Å². The van der Waals surface area contributed by atoms with E-state index in [1.807, 2.05) is 0 Å². The molecule has 0 aliphatic carbocycles. The fourth-order valence-electron chi connectivity index (χ4n) is 3.24. The summed E-state index contributed by atoms with van der Waals surface area (Å²) in [5.41, 5.74) is 4.28. The van der Waals surface area contributed by atoms with Crippen LogP contribution in [0.1, 0.15) is 30.9 Å². The van der Waals surface area contributed by atoms with Crippen LogP contribution in [0.2, 0.25) is 0 Å². The van der Waals surface area contributed by atoms with Crippen LogP contribution in [0.15, 0.2) is 24.4 Å². The number of nitrogens with one attached hydrogen (secondary N) is 1. The average molecular weight is 198 g/mol. The van der Waals surface area contributed by atoms with Crippen molar-refractivity contribution < 1.29 is 0 Å². The number of benzene rings is 1. The van der Waals surface area contributed by atoms with Gasteiger partial charge in [-0.25, -0.2) is 0 Å². The Morgan fingerprint density at radius 1 is 1.27 bits per heavy atom. The monoisotopic (exact) mass is 198 g/mol. The van der Waals surface area contributed by atoms with Crippen LogP contribution in [0.3, 0.4) is 0 Å². The Hall–Kier alpha value is -1.44. The number of anilines is 1. The lowest BCUT2D eigenvalue weighted by Crippen LogP contribution is -2.29. The van der Waals surface area contributed by atoms with Crippen molar-refractivity contribution in [3.8, 4) is 0 Å². The minimum atomic E-state index is 0.669. The minimum Gasteiger partial charge on any atom is -0.363 e. The minimum absolute atomic E-state index is 0.669. The normalized spacial score (nSPS) is 23.5. The second kappa shape index (κ2) is 2.57. The first-order valence-corrected chi connectivity index (χ1v) is 5.82. The van der Waals surface area contributed by atoms with E-state index in [2.05, 4.69) is 34.3 Å². The number of piperidine rings is 1. The van der Waals surface area contributed by atoms with E-state index in [-0.39, 0.29) is 0 Å². The summed E-state index contributed by atoms with van der Waals surface area (Å²) >= 11 is 0. The Labute approximate surface area is 88.9 Å². The second-order valence-corrected chi connectivity index (χ2v) is 4.65. The standard InChI is InChI=1S/C13H14N2/c1-2-7-15-11(6-1)9-4-3-5-10-13(9)12(15)8-14-10/h3-5,8,11,14H,1-2,6-7H2. The molecule has 0 saturated carbocycles. The molecule has 76 valence electrons. The number of fused-ring (bicyclic) bond motifs is 3. The third kappa shape index (κ3) is 0.851. The molecule has 2 aromatic rings. The van der Waals surface area contributed by atoms with Crippen molar-refractivity contribution in [2.75, 3.05) is 11.4 Å². The molecule has 2 heteroatoms. The van der Waals surface area contributed by atoms with Gasteiger partial charge < -0.3 is 9.88 Å². The molecular formula is C13H14N2. The molecule has 0 radical (unpaired) electrons. The van der Waals surface area contributed by atoms with Crippen LogP contribution in [-0.2, 0) is 0 Å². The number of nitrogens with zero attached hydrogens (tertiary/aromatic N) is 1. The Balaban J connectivity index is 2.04. The van der Waals surface area contributed by atoms with E-state index in [9.17, 15) is 0 Å². The van der Waals surface area contributed by atoms with Gasteiger partial charge in [0.25, 0.3) is 0 Å². The Morgan fingerprint density at radius 2 is 2.27 bits per heavy atom. The van der Waals surface area contributed by atoms with Gasteiger partial charge in [-0.1, -0.05) is 12.1 Å². The number of aromatic nitrogens is 1. The maximum Gasteiger partial charge on any atom is 0.0632 e. The summed E-state index contributed by atoms with van der Waals surface area (Å²) < 4.78 is 0. The average Bonchev–Trinajstić information content (AvgIpc) is 2.85. The van der Waals surface area contributed by atoms with Gasteiger partial charge >= 0.3 is 0 Å². The zero-order valence-electron chi connectivity index (χ0n) is 8.66. The molecule has 1 unspecified atom stereocenters. The van der Waals surface area contributed by atoms with Crippen molar-refractivity contribution in [2.45, 2.75) is 25.3 Å². The van der Waals surface area contributed by atoms with E-state index in [4.69, 9.17) is 0 Å². The molecule has 2 aliphatic heterocycles. The zero-order chi connectivity index (χ0) is 9.83. The fraction of sp³-hybridized carbons (Fsp3) is 0.385. The van der Waals surface area contributed by atoms with Gasteiger partial charge in [-0.15, -0.1) is 0 Å². The van der Waals surface area contributed by atoms with Crippen LogP contribution in [0.4, 0.5) is 5.69 Å². The van der Waals surface area contributed by atoms with Crippen molar-refractivity contribution >= 4 is 16.6 Å². The topological polar surface area (TPSA) is 19.0 Å². The van der Waals surface area contributed by atoms with E-state index < -0.39 is 0 Å². The van der Waals surface area contributed by atoms with Crippen LogP contribution in [0.5, 0.6) is 0 Å². The summed E-state index contributed by atoms with van der Waals surface area (Å²) in [6, 6.07) is 7.33. The van der Waals surface area contributed by atoms with Gasteiger partial charge in [-0.2, -0.15) is 0 Å². The van der Waals surface area contributed by atoms with Crippen LogP contribution in [0.25, 0.3) is 10.9 Å². The quantitative estimate of drug-likeness (QED) is 0.688. The zero-order valence-corrected chi connectivity index (χ0v) is 8.66. The molecule has 1 aromatic carbocycles. The molecule has 1 atom stereocenters. The molecule has 2 aliphatic rings. The van der Waals surface area contributed by atoms with Crippen LogP contribution >= 0.6 is 0 Å². The van der Waals surface area contributed by atoms with Crippen LogP contribution < -0.4 is 4.90 Å². The summed E-state index contributed by atoms with van der Waals surface area (Å²) in [4.78, 5) is 5.95. The molecule has 1 aromatic heterocycles. The molecular weight excluding hydrogens is 184 g/mol. The lowest BCUT2D eigenvalue weighted by atomic mass is 9.97. The van der Waals surface area contributed by atoms with Crippen molar-refractivity contribution in [3.05, 3.63) is 30.0 Å². The van der Waals surface area contributed by atoms with Crippen LogP contribution in [-0.4, -0.2) is 11.5 Å². The maximum atomic E-state index is 3.37. The summed E-state index contributed by atoms with van der Waals surface area (Å²) in [6.45, 7) is 1.23. The van der Waals surface area contributed by atoms with Gasteiger partial charge in [0.15, 0.2) is 0 Å². The fourth-order valence-corrected chi connectivity index (χ4v) is 3.24. The lowest BCUT2D eigenvalue weighted by molar-refractivity contribution is 0.484. The Kier molecular flexibility index (Phi) is 1.34. The molecule has 1 saturated heterocycles. The van der Waals surface area contributed by atoms with Crippen molar-refractivity contribution in [2.24, 2.45) is 0 Å². The Bertz CT molecular complexity index is 526. The van der Waals surface area contributed by atoms with Gasteiger partial charge in [-0.3, -0.25) is 0 Å². The van der Waals surface area contributed by atoms with E-state index in [1.165, 1.54) is 42.4 Å². The number of hydrogen-bond acceptors (Lipinski definition) is 1. The summed E-state index contributed by atoms with van der Waals surface area (Å²) in [6.07, 6.45) is 6.23. The highest BCUT2D eigenvalue weighted by Crippen LogP contribution is 2.47. The van der Waals surface area contributed by atoms with Gasteiger partial charge in [0.05, 0.1) is 11.7 Å². The van der Waals surface area contributed by atoms with E-state index >= 15 is 0 Å². The predicted molar refractivity (Wildman–Crippen MR) is 62.2 cm³/mol. The third-order valence-corrected chi connectivity index (χ3v) is 3.89. The van der Waals surface area contributed by atoms with E-state index in [0.717, 1.165) is 0 Å². The number of hydrogen-bond donors (Lipinski definition) is 1. The van der Waals surface area contributed by atoms with E-state index in [0.29, 0.717) is 6.04 Å². The largest absolute Gasteiger partial charge is 0.363 e. The molecule has 4 rings (SSSR count). The van der Waals surface area contributed by atoms with Gasteiger partial charge in [0.1, 0.15) is 0 Å². The first-order valence-electron chi connectivity index (χ1n) is 5.82. The summed E-state index contributed by atoms with van der Waals surface area (Å²) in [5.74, 6) is 0. The Morgan fingerprint density at radius 3 is 3.27 bits per heavy atom. The van der Waals surface area contributed by atoms with Crippen molar-refractivity contribution in [1.29, 1.82) is 0 Å². The molecule has 1 N–H and O–H groups in total. The smallest absolute Gasteiger partial charge is 0.0632 e. The first-order chi connectivity index (χ1) is 7.45. The van der Waals surface area contributed by atoms with Gasteiger partial charge in [0, 0.05) is 23.6 Å².